The second kappa shape index (κ2) is 5.91. The third kappa shape index (κ3) is 2.91. The van der Waals surface area contributed by atoms with Gasteiger partial charge in [0.15, 0.2) is 0 Å². The van der Waals surface area contributed by atoms with E-state index in [4.69, 9.17) is 4.74 Å². The molecule has 2 aromatic heterocycles. The van der Waals surface area contributed by atoms with Gasteiger partial charge in [0.25, 0.3) is 0 Å². The fourth-order valence-corrected chi connectivity index (χ4v) is 4.39. The smallest absolute Gasteiger partial charge is 0.0916 e. The lowest BCUT2D eigenvalue weighted by Gasteiger charge is -2.25. The van der Waals surface area contributed by atoms with Crippen LogP contribution in [0.25, 0.3) is 0 Å². The number of ether oxygens (including phenoxy) is 1. The molecule has 1 atom stereocenters. The van der Waals surface area contributed by atoms with Crippen LogP contribution >= 0.6 is 11.3 Å². The molecule has 2 aliphatic rings. The summed E-state index contributed by atoms with van der Waals surface area (Å²) in [7, 11) is 0. The summed E-state index contributed by atoms with van der Waals surface area (Å²) in [6.45, 7) is 4.09. The highest BCUT2D eigenvalue weighted by Crippen LogP contribution is 2.33. The molecule has 0 aliphatic carbocycles. The predicted molar refractivity (Wildman–Crippen MR) is 83.3 cm³/mol. The summed E-state index contributed by atoms with van der Waals surface area (Å²) < 4.78 is 5.89. The molecule has 4 nitrogen and oxygen atoms in total. The number of hydrogen-bond acceptors (Lipinski definition) is 4. The molecule has 4 heterocycles. The third-order valence-electron chi connectivity index (χ3n) is 4.44. The Morgan fingerprint density at radius 2 is 2.38 bits per heavy atom. The van der Waals surface area contributed by atoms with Gasteiger partial charge in [-0.2, -0.15) is 5.10 Å². The standard InChI is InChI=1S/C16H21N3OS/c1-2-8-20-15(3-1)16-5-4-13(21-16)11-19-7-6-14-12(10-19)9-17-18-14/h4-5,9,15H,1-3,6-8,10-11H2,(H,17,18)/t15-/m1/s1. The molecule has 1 fully saturated rings. The number of aromatic amines is 1. The van der Waals surface area contributed by atoms with Crippen molar-refractivity contribution in [3.05, 3.63) is 39.3 Å². The van der Waals surface area contributed by atoms with Gasteiger partial charge in [-0.3, -0.25) is 10.00 Å². The van der Waals surface area contributed by atoms with Gasteiger partial charge in [-0.05, 0) is 31.4 Å². The molecule has 0 spiro atoms. The minimum atomic E-state index is 0.347. The Bertz CT molecular complexity index is 600. The van der Waals surface area contributed by atoms with Crippen molar-refractivity contribution in [2.24, 2.45) is 0 Å². The van der Waals surface area contributed by atoms with Crippen LogP contribution in [0.15, 0.2) is 18.3 Å². The number of rotatable bonds is 3. The van der Waals surface area contributed by atoms with E-state index in [0.29, 0.717) is 6.10 Å². The van der Waals surface area contributed by atoms with Crippen LogP contribution in [0.1, 0.15) is 46.4 Å². The van der Waals surface area contributed by atoms with Crippen LogP contribution in [-0.4, -0.2) is 28.2 Å². The molecule has 21 heavy (non-hydrogen) atoms. The van der Waals surface area contributed by atoms with E-state index in [9.17, 15) is 0 Å². The molecule has 2 aromatic rings. The van der Waals surface area contributed by atoms with Crippen LogP contribution in [0.4, 0.5) is 0 Å². The molecular formula is C16H21N3OS. The van der Waals surface area contributed by atoms with E-state index < -0.39 is 0 Å². The zero-order chi connectivity index (χ0) is 14.1. The van der Waals surface area contributed by atoms with Crippen LogP contribution in [-0.2, 0) is 24.2 Å². The van der Waals surface area contributed by atoms with Gasteiger partial charge < -0.3 is 4.74 Å². The number of H-pyrrole nitrogens is 1. The van der Waals surface area contributed by atoms with Crippen molar-refractivity contribution >= 4 is 11.3 Å². The Morgan fingerprint density at radius 3 is 3.29 bits per heavy atom. The number of fused-ring (bicyclic) bond motifs is 1. The van der Waals surface area contributed by atoms with Gasteiger partial charge in [0.2, 0.25) is 0 Å². The molecule has 0 aromatic carbocycles. The van der Waals surface area contributed by atoms with E-state index in [1.54, 1.807) is 0 Å². The summed E-state index contributed by atoms with van der Waals surface area (Å²) in [5, 5.41) is 7.24. The first-order chi connectivity index (χ1) is 10.4. The summed E-state index contributed by atoms with van der Waals surface area (Å²) in [5.41, 5.74) is 2.67. The van der Waals surface area contributed by atoms with Crippen LogP contribution in [0.2, 0.25) is 0 Å². The first-order valence-electron chi connectivity index (χ1n) is 7.82. The lowest BCUT2D eigenvalue weighted by Crippen LogP contribution is -2.29. The zero-order valence-electron chi connectivity index (χ0n) is 12.2. The molecule has 2 aliphatic heterocycles. The van der Waals surface area contributed by atoms with Gasteiger partial charge in [0.05, 0.1) is 12.3 Å². The Kier molecular flexibility index (Phi) is 3.80. The fourth-order valence-electron chi connectivity index (χ4n) is 3.25. The lowest BCUT2D eigenvalue weighted by atomic mass is 10.1. The molecule has 4 rings (SSSR count). The van der Waals surface area contributed by atoms with Crippen molar-refractivity contribution in [2.75, 3.05) is 13.2 Å². The van der Waals surface area contributed by atoms with Crippen molar-refractivity contribution in [2.45, 2.75) is 44.9 Å². The fraction of sp³-hybridized carbons (Fsp3) is 0.562. The topological polar surface area (TPSA) is 41.1 Å². The van der Waals surface area contributed by atoms with Gasteiger partial charge in [-0.1, -0.05) is 0 Å². The number of thiophene rings is 1. The van der Waals surface area contributed by atoms with Gasteiger partial charge in [0, 0.05) is 53.7 Å². The van der Waals surface area contributed by atoms with E-state index in [0.717, 1.165) is 32.7 Å². The minimum Gasteiger partial charge on any atom is -0.373 e. The van der Waals surface area contributed by atoms with Crippen LogP contribution in [0, 0.1) is 0 Å². The quantitative estimate of drug-likeness (QED) is 0.946. The molecule has 0 unspecified atom stereocenters. The van der Waals surface area contributed by atoms with Crippen molar-refractivity contribution in [1.82, 2.24) is 15.1 Å². The van der Waals surface area contributed by atoms with Crippen molar-refractivity contribution < 1.29 is 4.74 Å². The molecule has 1 saturated heterocycles. The molecule has 0 saturated carbocycles. The predicted octanol–water partition coefficient (Wildman–Crippen LogP) is 3.27. The van der Waals surface area contributed by atoms with E-state index in [2.05, 4.69) is 27.2 Å². The first-order valence-corrected chi connectivity index (χ1v) is 8.64. The number of aromatic nitrogens is 2. The highest BCUT2D eigenvalue weighted by molar-refractivity contribution is 7.12. The Balaban J connectivity index is 1.40. The monoisotopic (exact) mass is 303 g/mol. The van der Waals surface area contributed by atoms with Crippen LogP contribution in [0.3, 0.4) is 0 Å². The molecule has 0 amide bonds. The lowest BCUT2D eigenvalue weighted by molar-refractivity contribution is 0.0172. The van der Waals surface area contributed by atoms with E-state index >= 15 is 0 Å². The summed E-state index contributed by atoms with van der Waals surface area (Å²) in [4.78, 5) is 5.37. The summed E-state index contributed by atoms with van der Waals surface area (Å²) in [6.07, 6.45) is 7.10. The average Bonchev–Trinajstić information content (AvgIpc) is 3.17. The maximum Gasteiger partial charge on any atom is 0.0916 e. The zero-order valence-corrected chi connectivity index (χ0v) is 13.0. The molecular weight excluding hydrogens is 282 g/mol. The first kappa shape index (κ1) is 13.5. The van der Waals surface area contributed by atoms with E-state index in [1.165, 1.54) is 40.3 Å². The van der Waals surface area contributed by atoms with Crippen molar-refractivity contribution in [1.29, 1.82) is 0 Å². The Morgan fingerprint density at radius 1 is 1.38 bits per heavy atom. The van der Waals surface area contributed by atoms with Crippen molar-refractivity contribution in [3.8, 4) is 0 Å². The number of hydrogen-bond donors (Lipinski definition) is 1. The second-order valence-electron chi connectivity index (χ2n) is 5.99. The third-order valence-corrected chi connectivity index (χ3v) is 5.60. The van der Waals surface area contributed by atoms with E-state index in [-0.39, 0.29) is 0 Å². The van der Waals surface area contributed by atoms with E-state index in [1.807, 2.05) is 17.5 Å². The van der Waals surface area contributed by atoms with Gasteiger partial charge in [0.1, 0.15) is 0 Å². The maximum absolute atomic E-state index is 5.89. The van der Waals surface area contributed by atoms with Crippen molar-refractivity contribution in [3.63, 3.8) is 0 Å². The van der Waals surface area contributed by atoms with Gasteiger partial charge >= 0.3 is 0 Å². The SMILES string of the molecule is c1cc([C@H]2CCCCO2)sc1CN1CCc2[nH]ncc2C1. The molecule has 5 heteroatoms. The largest absolute Gasteiger partial charge is 0.373 e. The van der Waals surface area contributed by atoms with Crippen LogP contribution in [0.5, 0.6) is 0 Å². The highest BCUT2D eigenvalue weighted by atomic mass is 32.1. The second-order valence-corrected chi connectivity index (χ2v) is 7.19. The van der Waals surface area contributed by atoms with Crippen LogP contribution < -0.4 is 0 Å². The molecule has 0 bridgehead atoms. The number of nitrogens with one attached hydrogen (secondary N) is 1. The summed E-state index contributed by atoms with van der Waals surface area (Å²) in [5.74, 6) is 0. The Hall–Kier alpha value is -1.17. The molecule has 0 radical (unpaired) electrons. The summed E-state index contributed by atoms with van der Waals surface area (Å²) >= 11 is 1.93. The normalized spacial score (nSPS) is 23.1. The van der Waals surface area contributed by atoms with Gasteiger partial charge in [-0.15, -0.1) is 11.3 Å². The molecule has 112 valence electrons. The highest BCUT2D eigenvalue weighted by Gasteiger charge is 2.20. The minimum absolute atomic E-state index is 0.347. The average molecular weight is 303 g/mol. The number of nitrogens with zero attached hydrogens (tertiary/aromatic N) is 2. The summed E-state index contributed by atoms with van der Waals surface area (Å²) in [6, 6.07) is 4.55. The molecule has 1 N–H and O–H groups in total. The maximum atomic E-state index is 5.89. The van der Waals surface area contributed by atoms with Gasteiger partial charge in [-0.25, -0.2) is 0 Å². The Labute approximate surface area is 129 Å².